The molecule has 0 aliphatic heterocycles. The van der Waals surface area contributed by atoms with E-state index in [4.69, 9.17) is 22.1 Å². The largest absolute Gasteiger partial charge is 0.473 e. The number of ether oxygens (including phenoxy) is 1. The van der Waals surface area contributed by atoms with E-state index in [0.717, 1.165) is 0 Å². The van der Waals surface area contributed by atoms with Crippen molar-refractivity contribution in [2.24, 2.45) is 10.8 Å². The van der Waals surface area contributed by atoms with Crippen LogP contribution in [0, 0.1) is 0 Å². The van der Waals surface area contributed by atoms with E-state index in [0.29, 0.717) is 15.2 Å². The average molecular weight is 251 g/mol. The van der Waals surface area contributed by atoms with Crippen LogP contribution >= 0.6 is 35.2 Å². The van der Waals surface area contributed by atoms with Gasteiger partial charge in [0.2, 0.25) is 0 Å². The number of hydrogen-bond acceptors (Lipinski definition) is 5. The van der Waals surface area contributed by atoms with Crippen LogP contribution in [0.1, 0.15) is 4.88 Å². The highest BCUT2D eigenvalue weighted by Gasteiger charge is 2.06. The summed E-state index contributed by atoms with van der Waals surface area (Å²) in [5.74, 6) is 0. The molecule has 8 heteroatoms. The lowest BCUT2D eigenvalue weighted by Crippen LogP contribution is -2.23. The fraction of sp³-hybridized carbons (Fsp3) is 0.167. The molecule has 1 rings (SSSR count). The molecule has 0 spiro atoms. The summed E-state index contributed by atoms with van der Waals surface area (Å²) >= 11 is 11.6. The fourth-order valence-corrected chi connectivity index (χ4v) is 1.60. The maximum atomic E-state index is 5.78. The topological polar surface area (TPSA) is 72.5 Å². The van der Waals surface area contributed by atoms with Crippen LogP contribution in [0.2, 0.25) is 5.15 Å². The van der Waals surface area contributed by atoms with Crippen LogP contribution in [-0.2, 0) is 0 Å². The van der Waals surface area contributed by atoms with Gasteiger partial charge in [-0.25, -0.2) is 0 Å². The Kier molecular flexibility index (Phi) is 4.05. The minimum atomic E-state index is 0.0915. The average Bonchev–Trinajstić information content (AvgIpc) is 2.47. The molecule has 0 aliphatic rings. The van der Waals surface area contributed by atoms with Gasteiger partial charge in [0, 0.05) is 0 Å². The molecule has 0 fully saturated rings. The van der Waals surface area contributed by atoms with Gasteiger partial charge in [-0.15, -0.1) is 0 Å². The number of hydrazone groups is 1. The highest BCUT2D eigenvalue weighted by molar-refractivity contribution is 7.80. The molecule has 14 heavy (non-hydrogen) atoms. The number of methoxy groups -OCH3 is 1. The predicted molar refractivity (Wildman–Crippen MR) is 61.2 cm³/mol. The quantitative estimate of drug-likeness (QED) is 0.475. The normalized spacial score (nSPS) is 10.4. The smallest absolute Gasteiger partial charge is 0.274 e. The molecule has 0 atom stereocenters. The predicted octanol–water partition coefficient (Wildman–Crippen LogP) is 0.972. The summed E-state index contributed by atoms with van der Waals surface area (Å²) in [6.07, 6.45) is 1.47. The van der Waals surface area contributed by atoms with Crippen LogP contribution in [-0.4, -0.2) is 23.4 Å². The minimum Gasteiger partial charge on any atom is -0.473 e. The van der Waals surface area contributed by atoms with Crippen LogP contribution in [0.4, 0.5) is 0 Å². The maximum absolute atomic E-state index is 5.78. The number of thiazole rings is 1. The van der Waals surface area contributed by atoms with Crippen LogP contribution < -0.4 is 15.9 Å². The zero-order valence-corrected chi connectivity index (χ0v) is 9.54. The van der Waals surface area contributed by atoms with Crippen molar-refractivity contribution in [2.45, 2.75) is 0 Å². The molecule has 0 saturated heterocycles. The summed E-state index contributed by atoms with van der Waals surface area (Å²) in [7, 11) is 1.52. The van der Waals surface area contributed by atoms with Gasteiger partial charge in [-0.1, -0.05) is 22.9 Å². The molecule has 0 radical (unpaired) electrons. The van der Waals surface area contributed by atoms with Gasteiger partial charge in [0.25, 0.3) is 5.19 Å². The number of hydrogen-bond donors (Lipinski definition) is 2. The van der Waals surface area contributed by atoms with E-state index in [1.54, 1.807) is 0 Å². The second-order valence-corrected chi connectivity index (χ2v) is 3.86. The van der Waals surface area contributed by atoms with Crippen molar-refractivity contribution < 1.29 is 4.74 Å². The molecule has 1 heterocycles. The summed E-state index contributed by atoms with van der Waals surface area (Å²) in [5.41, 5.74) is 7.57. The van der Waals surface area contributed by atoms with Crippen molar-refractivity contribution in [3.63, 3.8) is 0 Å². The molecule has 1 aromatic rings. The first kappa shape index (κ1) is 11.2. The Hall–Kier alpha value is -0.920. The highest BCUT2D eigenvalue weighted by atomic mass is 35.5. The summed E-state index contributed by atoms with van der Waals surface area (Å²) in [6, 6.07) is 0. The first-order valence-corrected chi connectivity index (χ1v) is 5.02. The Morgan fingerprint density at radius 1 is 1.86 bits per heavy atom. The number of halogens is 1. The molecule has 0 aromatic carbocycles. The monoisotopic (exact) mass is 250 g/mol. The molecule has 0 bridgehead atoms. The standard InChI is InChI=1S/C6H7ClN4OS2/c1-12-6-10-4(7)3(14-6)2-9-11-5(8)13/h2H,1H3,(H3,8,11,13)/b9-2+. The Balaban J connectivity index is 2.70. The molecule has 0 amide bonds. The first-order chi connectivity index (χ1) is 6.63. The Labute approximate surface area is 94.9 Å². The highest BCUT2D eigenvalue weighted by Crippen LogP contribution is 2.26. The van der Waals surface area contributed by atoms with Gasteiger partial charge < -0.3 is 10.5 Å². The molecule has 1 aromatic heterocycles. The molecule has 5 nitrogen and oxygen atoms in total. The van der Waals surface area contributed by atoms with Gasteiger partial charge in [0.1, 0.15) is 0 Å². The number of thiocarbonyl (C=S) groups is 1. The van der Waals surface area contributed by atoms with Crippen molar-refractivity contribution in [3.8, 4) is 5.19 Å². The van der Waals surface area contributed by atoms with Crippen LogP contribution in [0.25, 0.3) is 0 Å². The van der Waals surface area contributed by atoms with Crippen LogP contribution in [0.15, 0.2) is 5.10 Å². The van der Waals surface area contributed by atoms with Gasteiger partial charge in [-0.2, -0.15) is 10.1 Å². The third-order valence-electron chi connectivity index (χ3n) is 1.12. The lowest BCUT2D eigenvalue weighted by atomic mass is 10.6. The van der Waals surface area contributed by atoms with Gasteiger partial charge in [-0.05, 0) is 12.2 Å². The first-order valence-electron chi connectivity index (χ1n) is 3.42. The number of nitrogens with zero attached hydrogens (tertiary/aromatic N) is 2. The second-order valence-electron chi connectivity index (χ2n) is 2.07. The zero-order valence-electron chi connectivity index (χ0n) is 7.15. The van der Waals surface area contributed by atoms with E-state index in [1.807, 2.05) is 0 Å². The third kappa shape index (κ3) is 3.09. The molecular formula is C6H7ClN4OS2. The summed E-state index contributed by atoms with van der Waals surface area (Å²) in [4.78, 5) is 4.58. The van der Waals surface area contributed by atoms with E-state index < -0.39 is 0 Å². The van der Waals surface area contributed by atoms with Gasteiger partial charge in [0.15, 0.2) is 10.3 Å². The maximum Gasteiger partial charge on any atom is 0.274 e. The summed E-state index contributed by atoms with van der Waals surface area (Å²) < 4.78 is 4.89. The zero-order chi connectivity index (χ0) is 10.6. The number of nitrogens with one attached hydrogen (secondary N) is 1. The van der Waals surface area contributed by atoms with Crippen molar-refractivity contribution in [1.29, 1.82) is 0 Å². The fourth-order valence-electron chi connectivity index (χ4n) is 0.616. The Morgan fingerprint density at radius 3 is 3.07 bits per heavy atom. The molecular weight excluding hydrogens is 244 g/mol. The van der Waals surface area contributed by atoms with Gasteiger partial charge in [0.05, 0.1) is 18.2 Å². The SMILES string of the molecule is COc1nc(Cl)c(/C=N/NC(N)=S)s1. The summed E-state index contributed by atoms with van der Waals surface area (Å²) in [6.45, 7) is 0. The van der Waals surface area contributed by atoms with Crippen LogP contribution in [0.5, 0.6) is 5.19 Å². The van der Waals surface area contributed by atoms with E-state index in [-0.39, 0.29) is 5.11 Å². The van der Waals surface area contributed by atoms with Gasteiger partial charge in [-0.3, -0.25) is 5.43 Å². The Bertz CT molecular complexity index is 365. The molecule has 3 N–H and O–H groups in total. The van der Waals surface area contributed by atoms with Gasteiger partial charge >= 0.3 is 0 Å². The van der Waals surface area contributed by atoms with E-state index in [1.165, 1.54) is 24.7 Å². The lowest BCUT2D eigenvalue weighted by molar-refractivity contribution is 0.412. The molecule has 0 saturated carbocycles. The van der Waals surface area contributed by atoms with E-state index in [9.17, 15) is 0 Å². The molecule has 76 valence electrons. The van der Waals surface area contributed by atoms with E-state index >= 15 is 0 Å². The minimum absolute atomic E-state index is 0.0915. The lowest BCUT2D eigenvalue weighted by Gasteiger charge is -1.91. The summed E-state index contributed by atoms with van der Waals surface area (Å²) in [5, 5.41) is 4.64. The second kappa shape index (κ2) is 5.08. The van der Waals surface area contributed by atoms with Crippen molar-refractivity contribution in [2.75, 3.05) is 7.11 Å². The van der Waals surface area contributed by atoms with Crippen molar-refractivity contribution in [1.82, 2.24) is 10.4 Å². The van der Waals surface area contributed by atoms with Crippen molar-refractivity contribution >= 4 is 46.5 Å². The third-order valence-corrected chi connectivity index (χ3v) is 2.56. The van der Waals surface area contributed by atoms with E-state index in [2.05, 4.69) is 27.7 Å². The number of aromatic nitrogens is 1. The van der Waals surface area contributed by atoms with Crippen molar-refractivity contribution in [3.05, 3.63) is 10.0 Å². The number of nitrogens with two attached hydrogens (primary N) is 1. The van der Waals surface area contributed by atoms with Crippen LogP contribution in [0.3, 0.4) is 0 Å². The molecule has 0 aliphatic carbocycles. The number of rotatable bonds is 3. The Morgan fingerprint density at radius 2 is 2.57 bits per heavy atom. The molecule has 0 unspecified atom stereocenters.